The van der Waals surface area contributed by atoms with E-state index in [2.05, 4.69) is 31.0 Å². The predicted molar refractivity (Wildman–Crippen MR) is 79.0 cm³/mol. The van der Waals surface area contributed by atoms with Crippen molar-refractivity contribution in [1.82, 2.24) is 10.2 Å². The Morgan fingerprint density at radius 2 is 2.05 bits per heavy atom. The van der Waals surface area contributed by atoms with Crippen molar-refractivity contribution in [2.75, 3.05) is 19.6 Å². The molecule has 2 rings (SSSR count). The Hall–Kier alpha value is -0.570. The van der Waals surface area contributed by atoms with Crippen molar-refractivity contribution in [3.05, 3.63) is 0 Å². The van der Waals surface area contributed by atoms with Gasteiger partial charge in [0.25, 0.3) is 0 Å². The first kappa shape index (κ1) is 14.8. The zero-order valence-corrected chi connectivity index (χ0v) is 12.9. The zero-order chi connectivity index (χ0) is 13.9. The van der Waals surface area contributed by atoms with Crippen LogP contribution in [0.2, 0.25) is 0 Å². The van der Waals surface area contributed by atoms with Crippen LogP contribution in [0.3, 0.4) is 0 Å². The molecular formula is C16H30N2O. The second-order valence-electron chi connectivity index (χ2n) is 6.85. The van der Waals surface area contributed by atoms with Crippen LogP contribution in [0.4, 0.5) is 0 Å². The van der Waals surface area contributed by atoms with E-state index in [1.807, 2.05) is 0 Å². The van der Waals surface area contributed by atoms with Gasteiger partial charge in [-0.2, -0.15) is 0 Å². The Bertz CT molecular complexity index is 302. The van der Waals surface area contributed by atoms with Gasteiger partial charge in [0.2, 0.25) is 5.91 Å². The molecule has 1 unspecified atom stereocenters. The molecule has 0 aromatic heterocycles. The Morgan fingerprint density at radius 1 is 1.37 bits per heavy atom. The molecule has 0 radical (unpaired) electrons. The van der Waals surface area contributed by atoms with E-state index in [1.54, 1.807) is 0 Å². The van der Waals surface area contributed by atoms with Crippen LogP contribution >= 0.6 is 0 Å². The third-order valence-electron chi connectivity index (χ3n) is 4.96. The SMILES string of the molecule is CCC1(C(=O)N(CC(C)C)C2CCCC2)CCNC1. The van der Waals surface area contributed by atoms with Crippen LogP contribution in [0.5, 0.6) is 0 Å². The van der Waals surface area contributed by atoms with Crippen molar-refractivity contribution >= 4 is 5.91 Å². The van der Waals surface area contributed by atoms with Crippen molar-refractivity contribution in [2.24, 2.45) is 11.3 Å². The maximum absolute atomic E-state index is 13.1. The molecule has 19 heavy (non-hydrogen) atoms. The first-order valence-corrected chi connectivity index (χ1v) is 8.11. The fraction of sp³-hybridized carbons (Fsp3) is 0.938. The van der Waals surface area contributed by atoms with Crippen LogP contribution in [-0.4, -0.2) is 36.5 Å². The number of carbonyl (C=O) groups excluding carboxylic acids is 1. The lowest BCUT2D eigenvalue weighted by Crippen LogP contribution is -2.50. The van der Waals surface area contributed by atoms with Gasteiger partial charge in [-0.1, -0.05) is 33.6 Å². The van der Waals surface area contributed by atoms with E-state index in [1.165, 1.54) is 25.7 Å². The lowest BCUT2D eigenvalue weighted by molar-refractivity contribution is -0.144. The fourth-order valence-electron chi connectivity index (χ4n) is 3.69. The number of amides is 1. The maximum Gasteiger partial charge on any atom is 0.230 e. The topological polar surface area (TPSA) is 32.3 Å². The molecule has 1 N–H and O–H groups in total. The summed E-state index contributed by atoms with van der Waals surface area (Å²) in [6.07, 6.45) is 7.01. The summed E-state index contributed by atoms with van der Waals surface area (Å²) in [7, 11) is 0. The van der Waals surface area contributed by atoms with Gasteiger partial charge in [0.15, 0.2) is 0 Å². The van der Waals surface area contributed by atoms with E-state index in [4.69, 9.17) is 0 Å². The maximum atomic E-state index is 13.1. The zero-order valence-electron chi connectivity index (χ0n) is 12.9. The van der Waals surface area contributed by atoms with Crippen molar-refractivity contribution in [2.45, 2.75) is 65.3 Å². The van der Waals surface area contributed by atoms with E-state index in [9.17, 15) is 4.79 Å². The third kappa shape index (κ3) is 3.13. The average molecular weight is 266 g/mol. The molecule has 0 aromatic carbocycles. The van der Waals surface area contributed by atoms with E-state index in [0.29, 0.717) is 17.9 Å². The molecule has 1 saturated heterocycles. The van der Waals surface area contributed by atoms with E-state index in [-0.39, 0.29) is 5.41 Å². The highest BCUT2D eigenvalue weighted by Gasteiger charge is 2.44. The molecule has 0 aromatic rings. The van der Waals surface area contributed by atoms with Crippen LogP contribution in [0.1, 0.15) is 59.3 Å². The van der Waals surface area contributed by atoms with Crippen molar-refractivity contribution in [3.63, 3.8) is 0 Å². The molecule has 110 valence electrons. The van der Waals surface area contributed by atoms with Crippen LogP contribution in [0.15, 0.2) is 0 Å². The average Bonchev–Trinajstić information content (AvgIpc) is 3.06. The highest BCUT2D eigenvalue weighted by atomic mass is 16.2. The first-order valence-electron chi connectivity index (χ1n) is 8.11. The van der Waals surface area contributed by atoms with Gasteiger partial charge in [-0.3, -0.25) is 4.79 Å². The molecule has 3 heteroatoms. The standard InChI is InChI=1S/C16H30N2O/c1-4-16(9-10-17-12-16)15(19)18(11-13(2)3)14-7-5-6-8-14/h13-14,17H,4-12H2,1-3H3. The van der Waals surface area contributed by atoms with Gasteiger partial charge in [0, 0.05) is 19.1 Å². The van der Waals surface area contributed by atoms with Gasteiger partial charge in [0.1, 0.15) is 0 Å². The number of nitrogens with one attached hydrogen (secondary N) is 1. The van der Waals surface area contributed by atoms with Gasteiger partial charge in [-0.25, -0.2) is 0 Å². The van der Waals surface area contributed by atoms with Crippen LogP contribution < -0.4 is 5.32 Å². The molecule has 2 fully saturated rings. The number of rotatable bonds is 5. The van der Waals surface area contributed by atoms with Crippen LogP contribution in [0.25, 0.3) is 0 Å². The fourth-order valence-corrected chi connectivity index (χ4v) is 3.69. The molecule has 3 nitrogen and oxygen atoms in total. The Morgan fingerprint density at radius 3 is 2.53 bits per heavy atom. The summed E-state index contributed by atoms with van der Waals surface area (Å²) in [5.41, 5.74) is -0.114. The molecule has 1 aliphatic carbocycles. The third-order valence-corrected chi connectivity index (χ3v) is 4.96. The second kappa shape index (κ2) is 6.25. The molecule has 1 heterocycles. The van der Waals surface area contributed by atoms with Crippen LogP contribution in [-0.2, 0) is 4.79 Å². The molecule has 0 bridgehead atoms. The van der Waals surface area contributed by atoms with Crippen molar-refractivity contribution in [1.29, 1.82) is 0 Å². The van der Waals surface area contributed by atoms with Crippen molar-refractivity contribution < 1.29 is 4.79 Å². The first-order chi connectivity index (χ1) is 9.09. The van der Waals surface area contributed by atoms with Gasteiger partial charge in [-0.05, 0) is 38.1 Å². The molecule has 1 atom stereocenters. The second-order valence-corrected chi connectivity index (χ2v) is 6.85. The Labute approximate surface area is 118 Å². The number of nitrogens with zero attached hydrogens (tertiary/aromatic N) is 1. The van der Waals surface area contributed by atoms with Gasteiger partial charge < -0.3 is 10.2 Å². The number of hydrogen-bond donors (Lipinski definition) is 1. The predicted octanol–water partition coefficient (Wildman–Crippen LogP) is 2.80. The van der Waals surface area contributed by atoms with E-state index in [0.717, 1.165) is 32.5 Å². The largest absolute Gasteiger partial charge is 0.339 e. The smallest absolute Gasteiger partial charge is 0.230 e. The summed E-state index contributed by atoms with van der Waals surface area (Å²) in [4.78, 5) is 15.4. The minimum Gasteiger partial charge on any atom is -0.339 e. The Balaban J connectivity index is 2.13. The molecular weight excluding hydrogens is 236 g/mol. The minimum atomic E-state index is -0.114. The molecule has 2 aliphatic rings. The van der Waals surface area contributed by atoms with E-state index >= 15 is 0 Å². The highest BCUT2D eigenvalue weighted by Crippen LogP contribution is 2.35. The van der Waals surface area contributed by atoms with Gasteiger partial charge in [-0.15, -0.1) is 0 Å². The van der Waals surface area contributed by atoms with Gasteiger partial charge in [0.05, 0.1) is 5.41 Å². The van der Waals surface area contributed by atoms with Crippen LogP contribution in [0, 0.1) is 11.3 Å². The number of carbonyl (C=O) groups is 1. The molecule has 1 saturated carbocycles. The quantitative estimate of drug-likeness (QED) is 0.830. The summed E-state index contributed by atoms with van der Waals surface area (Å²) in [6, 6.07) is 0.513. The number of hydrogen-bond acceptors (Lipinski definition) is 2. The summed E-state index contributed by atoms with van der Waals surface area (Å²) in [5, 5.41) is 3.40. The normalized spacial score (nSPS) is 28.2. The monoisotopic (exact) mass is 266 g/mol. The molecule has 1 amide bonds. The lowest BCUT2D eigenvalue weighted by Gasteiger charge is -2.38. The summed E-state index contributed by atoms with van der Waals surface area (Å²) in [5.74, 6) is 0.994. The summed E-state index contributed by atoms with van der Waals surface area (Å²) < 4.78 is 0. The molecule has 0 spiro atoms. The lowest BCUT2D eigenvalue weighted by atomic mass is 9.82. The summed E-state index contributed by atoms with van der Waals surface area (Å²) >= 11 is 0. The van der Waals surface area contributed by atoms with Crippen molar-refractivity contribution in [3.8, 4) is 0 Å². The molecule has 1 aliphatic heterocycles. The van der Waals surface area contributed by atoms with E-state index < -0.39 is 0 Å². The van der Waals surface area contributed by atoms with Gasteiger partial charge >= 0.3 is 0 Å². The highest BCUT2D eigenvalue weighted by molar-refractivity contribution is 5.83. The minimum absolute atomic E-state index is 0.114. The summed E-state index contributed by atoms with van der Waals surface area (Å²) in [6.45, 7) is 9.43. The Kier molecular flexibility index (Phi) is 4.88.